The number of nitrogens with zero attached hydrogens (tertiary/aromatic N) is 1. The molecule has 54 valence electrons. The van der Waals surface area contributed by atoms with Crippen LogP contribution in [-0.2, 0) is 6.42 Å². The number of hydrogen-bond acceptors (Lipinski definition) is 2. The number of hydrogen-bond donors (Lipinski definition) is 0. The highest BCUT2D eigenvalue weighted by atomic mass is 32.1. The average Bonchev–Trinajstić information content (AvgIpc) is 2.35. The maximum atomic E-state index is 12.5. The lowest BCUT2D eigenvalue weighted by atomic mass is 10.1. The third kappa shape index (κ3) is 0.770. The van der Waals surface area contributed by atoms with Gasteiger partial charge in [0.25, 0.3) is 5.26 Å². The van der Waals surface area contributed by atoms with Crippen molar-refractivity contribution < 1.29 is 4.39 Å². The number of rotatable bonds is 0. The number of aromatic nitrogens is 1. The first-order valence-electron chi connectivity index (χ1n) is 3.42. The van der Waals surface area contributed by atoms with Gasteiger partial charge in [-0.2, -0.15) is 4.39 Å². The first-order valence-corrected chi connectivity index (χ1v) is 4.24. The van der Waals surface area contributed by atoms with E-state index >= 15 is 0 Å². The van der Waals surface area contributed by atoms with Gasteiger partial charge in [0.15, 0.2) is 0 Å². The third-order valence-corrected chi connectivity index (χ3v) is 2.89. The van der Waals surface area contributed by atoms with Crippen molar-refractivity contribution in [3.63, 3.8) is 0 Å². The third-order valence-electron chi connectivity index (χ3n) is 1.97. The number of thiazole rings is 1. The summed E-state index contributed by atoms with van der Waals surface area (Å²) in [5.41, 5.74) is 1.00. The fourth-order valence-electron chi connectivity index (χ4n) is 1.38. The van der Waals surface area contributed by atoms with Gasteiger partial charge in [-0.3, -0.25) is 0 Å². The Bertz CT molecular complexity index is 256. The molecule has 1 nitrogen and oxygen atoms in total. The van der Waals surface area contributed by atoms with Gasteiger partial charge in [0.2, 0.25) is 0 Å². The van der Waals surface area contributed by atoms with Crippen LogP contribution in [-0.4, -0.2) is 4.98 Å². The van der Waals surface area contributed by atoms with E-state index in [0.29, 0.717) is 5.92 Å². The van der Waals surface area contributed by atoms with Crippen LogP contribution in [0.1, 0.15) is 29.8 Å². The van der Waals surface area contributed by atoms with E-state index in [0.717, 1.165) is 23.4 Å². The highest BCUT2D eigenvalue weighted by Crippen LogP contribution is 2.34. The minimum absolute atomic E-state index is 0.267. The van der Waals surface area contributed by atoms with Crippen molar-refractivity contribution in [3.8, 4) is 0 Å². The molecule has 0 spiro atoms. The van der Waals surface area contributed by atoms with Crippen LogP contribution >= 0.6 is 11.3 Å². The molecule has 3 heteroatoms. The van der Waals surface area contributed by atoms with Gasteiger partial charge in [-0.05, 0) is 18.8 Å². The molecule has 0 fully saturated rings. The lowest BCUT2D eigenvalue weighted by Gasteiger charge is -1.95. The molecule has 1 aliphatic rings. The van der Waals surface area contributed by atoms with Crippen molar-refractivity contribution in [1.29, 1.82) is 0 Å². The van der Waals surface area contributed by atoms with Crippen molar-refractivity contribution in [2.45, 2.75) is 25.7 Å². The average molecular weight is 157 g/mol. The normalized spacial score (nSPS) is 23.2. The van der Waals surface area contributed by atoms with Gasteiger partial charge >= 0.3 is 0 Å². The smallest absolute Gasteiger partial charge is 0.214 e. The molecule has 0 aliphatic heterocycles. The zero-order valence-electron chi connectivity index (χ0n) is 5.72. The molecule has 1 atom stereocenters. The second kappa shape index (κ2) is 2.02. The molecule has 0 saturated heterocycles. The minimum Gasteiger partial charge on any atom is -0.214 e. The molecule has 2 rings (SSSR count). The molecule has 0 amide bonds. The molecule has 0 saturated carbocycles. The van der Waals surface area contributed by atoms with Gasteiger partial charge in [0, 0.05) is 4.88 Å². The molecule has 10 heavy (non-hydrogen) atoms. The Morgan fingerprint density at radius 1 is 1.70 bits per heavy atom. The largest absolute Gasteiger partial charge is 0.269 e. The van der Waals surface area contributed by atoms with E-state index in [9.17, 15) is 4.39 Å². The Balaban J connectivity index is 2.49. The fourth-order valence-corrected chi connectivity index (χ4v) is 2.30. The van der Waals surface area contributed by atoms with E-state index in [1.807, 2.05) is 0 Å². The summed E-state index contributed by atoms with van der Waals surface area (Å²) in [5.74, 6) is 0.482. The van der Waals surface area contributed by atoms with Gasteiger partial charge < -0.3 is 0 Å². The second-order valence-corrected chi connectivity index (χ2v) is 3.75. The minimum atomic E-state index is -0.267. The molecule has 1 aromatic heterocycles. The zero-order chi connectivity index (χ0) is 7.14. The number of fused-ring (bicyclic) bond motifs is 1. The number of aryl methyl sites for hydroxylation is 1. The molecular weight excluding hydrogens is 149 g/mol. The molecule has 1 aliphatic carbocycles. The predicted octanol–water partition coefficient (Wildman–Crippen LogP) is 2.33. The van der Waals surface area contributed by atoms with Crippen LogP contribution in [0.4, 0.5) is 4.39 Å². The SMILES string of the molecule is CC1CCc2sc(F)nc21. The molecule has 0 N–H and O–H groups in total. The first kappa shape index (κ1) is 6.28. The molecular formula is C7H8FNS. The Hall–Kier alpha value is -0.440. The standard InChI is InChI=1S/C7H8FNS/c1-4-2-3-5-6(4)9-7(8)10-5/h4H,2-3H2,1H3. The summed E-state index contributed by atoms with van der Waals surface area (Å²) in [4.78, 5) is 4.98. The number of halogens is 1. The molecule has 1 unspecified atom stereocenters. The molecule has 1 aromatic rings. The van der Waals surface area contributed by atoms with Crippen LogP contribution in [0.5, 0.6) is 0 Å². The molecule has 0 bridgehead atoms. The topological polar surface area (TPSA) is 12.9 Å². The van der Waals surface area contributed by atoms with Crippen LogP contribution in [0.15, 0.2) is 0 Å². The Morgan fingerprint density at radius 2 is 2.50 bits per heavy atom. The monoisotopic (exact) mass is 157 g/mol. The molecule has 1 heterocycles. The van der Waals surface area contributed by atoms with E-state index in [2.05, 4.69) is 11.9 Å². The van der Waals surface area contributed by atoms with E-state index in [1.54, 1.807) is 0 Å². The summed E-state index contributed by atoms with van der Waals surface area (Å²) in [6, 6.07) is 0. The summed E-state index contributed by atoms with van der Waals surface area (Å²) < 4.78 is 12.5. The summed E-state index contributed by atoms with van der Waals surface area (Å²) in [7, 11) is 0. The van der Waals surface area contributed by atoms with Gasteiger partial charge in [0.1, 0.15) is 0 Å². The molecule has 0 aromatic carbocycles. The van der Waals surface area contributed by atoms with Crippen molar-refractivity contribution in [3.05, 3.63) is 15.8 Å². The fraction of sp³-hybridized carbons (Fsp3) is 0.571. The van der Waals surface area contributed by atoms with Crippen LogP contribution in [0.3, 0.4) is 0 Å². The van der Waals surface area contributed by atoms with Crippen LogP contribution in [0.2, 0.25) is 0 Å². The van der Waals surface area contributed by atoms with E-state index in [4.69, 9.17) is 0 Å². The summed E-state index contributed by atoms with van der Waals surface area (Å²) in [5, 5.41) is -0.267. The summed E-state index contributed by atoms with van der Waals surface area (Å²) >= 11 is 1.20. The highest BCUT2D eigenvalue weighted by molar-refractivity contribution is 7.10. The lowest BCUT2D eigenvalue weighted by molar-refractivity contribution is 0.602. The van der Waals surface area contributed by atoms with E-state index in [-0.39, 0.29) is 5.26 Å². The second-order valence-electron chi connectivity index (χ2n) is 2.71. The van der Waals surface area contributed by atoms with E-state index < -0.39 is 0 Å². The van der Waals surface area contributed by atoms with Crippen LogP contribution in [0, 0.1) is 5.26 Å². The highest BCUT2D eigenvalue weighted by Gasteiger charge is 2.23. The summed E-state index contributed by atoms with van der Waals surface area (Å²) in [6.45, 7) is 2.10. The van der Waals surface area contributed by atoms with E-state index in [1.165, 1.54) is 11.3 Å². The first-order chi connectivity index (χ1) is 4.77. The maximum absolute atomic E-state index is 12.5. The Labute approximate surface area is 62.9 Å². The molecule has 0 radical (unpaired) electrons. The maximum Gasteiger partial charge on any atom is 0.269 e. The van der Waals surface area contributed by atoms with Gasteiger partial charge in [0.05, 0.1) is 5.69 Å². The van der Waals surface area contributed by atoms with Crippen molar-refractivity contribution in [1.82, 2.24) is 4.98 Å². The van der Waals surface area contributed by atoms with Gasteiger partial charge in [-0.1, -0.05) is 18.3 Å². The lowest BCUT2D eigenvalue weighted by Crippen LogP contribution is -1.86. The van der Waals surface area contributed by atoms with Crippen molar-refractivity contribution in [2.24, 2.45) is 0 Å². The quantitative estimate of drug-likeness (QED) is 0.563. The predicted molar refractivity (Wildman–Crippen MR) is 38.8 cm³/mol. The zero-order valence-corrected chi connectivity index (χ0v) is 6.54. The van der Waals surface area contributed by atoms with Crippen LogP contribution < -0.4 is 0 Å². The van der Waals surface area contributed by atoms with Gasteiger partial charge in [-0.15, -0.1) is 0 Å². The Morgan fingerprint density at radius 3 is 3.20 bits per heavy atom. The summed E-state index contributed by atoms with van der Waals surface area (Å²) in [6.07, 6.45) is 2.17. The van der Waals surface area contributed by atoms with Crippen molar-refractivity contribution in [2.75, 3.05) is 0 Å². The van der Waals surface area contributed by atoms with Crippen LogP contribution in [0.25, 0.3) is 0 Å². The van der Waals surface area contributed by atoms with Gasteiger partial charge in [-0.25, -0.2) is 4.98 Å². The Kier molecular flexibility index (Phi) is 1.27. The van der Waals surface area contributed by atoms with Crippen molar-refractivity contribution >= 4 is 11.3 Å².